The van der Waals surface area contributed by atoms with Crippen molar-refractivity contribution in [2.45, 2.75) is 32.8 Å². The second-order valence-electron chi connectivity index (χ2n) is 6.65. The lowest BCUT2D eigenvalue weighted by atomic mass is 10.1. The van der Waals surface area contributed by atoms with E-state index in [1.165, 1.54) is 18.2 Å². The predicted octanol–water partition coefficient (Wildman–Crippen LogP) is 5.04. The molecule has 2 rings (SSSR count). The molecule has 0 atom stereocenters. The molecule has 0 aliphatic rings. The van der Waals surface area contributed by atoms with E-state index in [9.17, 15) is 18.0 Å². The van der Waals surface area contributed by atoms with Crippen molar-refractivity contribution in [1.29, 1.82) is 0 Å². The molecule has 0 fully saturated rings. The van der Waals surface area contributed by atoms with E-state index in [2.05, 4.69) is 5.32 Å². The van der Waals surface area contributed by atoms with Crippen molar-refractivity contribution >= 4 is 28.9 Å². The van der Waals surface area contributed by atoms with Crippen LogP contribution in [0.4, 0.5) is 18.9 Å². The van der Waals surface area contributed by atoms with Crippen LogP contribution in [0.25, 0.3) is 0 Å². The van der Waals surface area contributed by atoms with Gasteiger partial charge in [-0.1, -0.05) is 6.07 Å². The van der Waals surface area contributed by atoms with Crippen molar-refractivity contribution < 1.29 is 22.7 Å². The normalized spacial score (nSPS) is 11.2. The number of hydrogen-bond acceptors (Lipinski definition) is 3. The first kappa shape index (κ1) is 19.9. The van der Waals surface area contributed by atoms with Crippen molar-refractivity contribution in [3.63, 3.8) is 0 Å². The lowest BCUT2D eigenvalue weighted by Gasteiger charge is -2.21. The van der Waals surface area contributed by atoms with Crippen LogP contribution in [0.15, 0.2) is 36.4 Å². The molecule has 0 aliphatic carbocycles. The van der Waals surface area contributed by atoms with Gasteiger partial charge in [0.05, 0.1) is 5.69 Å². The lowest BCUT2D eigenvalue weighted by molar-refractivity contribution is 0.102. The van der Waals surface area contributed by atoms with E-state index in [4.69, 9.17) is 17.0 Å². The van der Waals surface area contributed by atoms with Crippen LogP contribution in [-0.4, -0.2) is 16.6 Å². The number of benzene rings is 2. The molecule has 0 aromatic heterocycles. The summed E-state index contributed by atoms with van der Waals surface area (Å²) in [6.45, 7) is 5.39. The molecule has 0 aliphatic heterocycles. The maximum atomic E-state index is 14.0. The topological polar surface area (TPSA) is 38.3 Å². The van der Waals surface area contributed by atoms with Gasteiger partial charge < -0.3 is 10.1 Å². The van der Waals surface area contributed by atoms with Crippen LogP contribution < -0.4 is 5.32 Å². The summed E-state index contributed by atoms with van der Waals surface area (Å²) in [5, 5.41) is 2.46. The lowest BCUT2D eigenvalue weighted by Crippen LogP contribution is -2.24. The first-order valence-electron chi connectivity index (χ1n) is 7.82. The van der Waals surface area contributed by atoms with Crippen LogP contribution in [0.3, 0.4) is 0 Å². The molecule has 0 heterocycles. The van der Waals surface area contributed by atoms with E-state index >= 15 is 0 Å². The molecule has 1 N–H and O–H groups in total. The summed E-state index contributed by atoms with van der Waals surface area (Å²) in [7, 11) is 0. The minimum absolute atomic E-state index is 0.0156. The molecule has 3 nitrogen and oxygen atoms in total. The number of nitrogens with one attached hydrogen (secondary N) is 1. The van der Waals surface area contributed by atoms with Crippen molar-refractivity contribution in [3.8, 4) is 0 Å². The second-order valence-corrected chi connectivity index (χ2v) is 7.11. The number of hydrogen-bond donors (Lipinski definition) is 1. The Bertz CT molecular complexity index is 847. The van der Waals surface area contributed by atoms with Crippen molar-refractivity contribution in [2.75, 3.05) is 5.32 Å². The van der Waals surface area contributed by atoms with Gasteiger partial charge in [-0.15, -0.1) is 0 Å². The molecule has 0 unspecified atom stereocenters. The standard InChI is InChI=1S/C19H18F3NO2S/c1-19(2,3)25-17(26)9-12-8-16(15(22)10-14(12)21)23-18(24)11-5-4-6-13(20)7-11/h4-8,10H,9H2,1-3H3,(H,23,24). The highest BCUT2D eigenvalue weighted by Gasteiger charge is 2.18. The number of carbonyl (C=O) groups excluding carboxylic acids is 1. The molecule has 0 saturated carbocycles. The van der Waals surface area contributed by atoms with Gasteiger partial charge in [0.1, 0.15) is 23.1 Å². The average molecular weight is 381 g/mol. The molecule has 138 valence electrons. The second kappa shape index (κ2) is 7.86. The SMILES string of the molecule is CC(C)(C)OC(=S)Cc1cc(NC(=O)c2cccc(F)c2)c(F)cc1F. The summed E-state index contributed by atoms with van der Waals surface area (Å²) in [6, 6.07) is 6.76. The zero-order valence-corrected chi connectivity index (χ0v) is 15.3. The maximum Gasteiger partial charge on any atom is 0.255 e. The number of rotatable bonds is 4. The van der Waals surface area contributed by atoms with Gasteiger partial charge in [0.15, 0.2) is 5.05 Å². The van der Waals surface area contributed by atoms with Gasteiger partial charge in [0, 0.05) is 18.1 Å². The van der Waals surface area contributed by atoms with Crippen LogP contribution in [0.5, 0.6) is 0 Å². The highest BCUT2D eigenvalue weighted by Crippen LogP contribution is 2.22. The number of anilines is 1. The largest absolute Gasteiger partial charge is 0.481 e. The molecule has 2 aromatic rings. The Balaban J connectivity index is 2.21. The molecule has 26 heavy (non-hydrogen) atoms. The van der Waals surface area contributed by atoms with Gasteiger partial charge in [0.2, 0.25) is 0 Å². The van der Waals surface area contributed by atoms with Crippen molar-refractivity contribution in [3.05, 3.63) is 65.0 Å². The number of thiocarbonyl (C=S) groups is 1. The van der Waals surface area contributed by atoms with Crippen molar-refractivity contribution in [2.24, 2.45) is 0 Å². The number of carbonyl (C=O) groups is 1. The minimum atomic E-state index is -0.946. The summed E-state index contributed by atoms with van der Waals surface area (Å²) in [4.78, 5) is 12.1. The zero-order valence-electron chi connectivity index (χ0n) is 14.5. The molecule has 0 bridgehead atoms. The quantitative estimate of drug-likeness (QED) is 0.754. The maximum absolute atomic E-state index is 14.0. The monoisotopic (exact) mass is 381 g/mol. The highest BCUT2D eigenvalue weighted by molar-refractivity contribution is 7.80. The number of halogens is 3. The molecule has 0 saturated heterocycles. The summed E-state index contributed by atoms with van der Waals surface area (Å²) in [6.07, 6.45) is -0.0540. The zero-order chi connectivity index (χ0) is 19.5. The third-order valence-corrected chi connectivity index (χ3v) is 3.45. The fourth-order valence-electron chi connectivity index (χ4n) is 2.18. The Kier molecular flexibility index (Phi) is 6.02. The number of amides is 1. The fraction of sp³-hybridized carbons (Fsp3) is 0.263. The van der Waals surface area contributed by atoms with E-state index < -0.39 is 29.0 Å². The molecular weight excluding hydrogens is 363 g/mol. The summed E-state index contributed by atoms with van der Waals surface area (Å²) < 4.78 is 46.7. The first-order valence-corrected chi connectivity index (χ1v) is 8.22. The molecule has 7 heteroatoms. The molecule has 0 spiro atoms. The van der Waals surface area contributed by atoms with E-state index in [-0.39, 0.29) is 28.3 Å². The fourth-order valence-corrected chi connectivity index (χ4v) is 2.59. The third kappa shape index (κ3) is 5.56. The highest BCUT2D eigenvalue weighted by atomic mass is 32.1. The molecule has 2 aromatic carbocycles. The van der Waals surface area contributed by atoms with Gasteiger partial charge in [-0.25, -0.2) is 13.2 Å². The predicted molar refractivity (Wildman–Crippen MR) is 97.9 cm³/mol. The molecule has 1 amide bonds. The summed E-state index contributed by atoms with van der Waals surface area (Å²) >= 11 is 5.09. The Morgan fingerprint density at radius 2 is 1.81 bits per heavy atom. The van der Waals surface area contributed by atoms with Crippen LogP contribution in [0, 0.1) is 17.5 Å². The van der Waals surface area contributed by atoms with Crippen molar-refractivity contribution in [1.82, 2.24) is 0 Å². The Morgan fingerprint density at radius 1 is 1.12 bits per heavy atom. The van der Waals surface area contributed by atoms with E-state index in [1.807, 2.05) is 0 Å². The third-order valence-electron chi connectivity index (χ3n) is 3.23. The van der Waals surface area contributed by atoms with E-state index in [0.29, 0.717) is 6.07 Å². The van der Waals surface area contributed by atoms with Crippen LogP contribution in [-0.2, 0) is 11.2 Å². The van der Waals surface area contributed by atoms with Crippen LogP contribution in [0.2, 0.25) is 0 Å². The van der Waals surface area contributed by atoms with Crippen LogP contribution in [0.1, 0.15) is 36.7 Å². The van der Waals surface area contributed by atoms with Gasteiger partial charge in [0.25, 0.3) is 5.91 Å². The van der Waals surface area contributed by atoms with E-state index in [1.54, 1.807) is 20.8 Å². The van der Waals surface area contributed by atoms with Crippen LogP contribution >= 0.6 is 12.2 Å². The van der Waals surface area contributed by atoms with Gasteiger partial charge >= 0.3 is 0 Å². The van der Waals surface area contributed by atoms with E-state index in [0.717, 1.165) is 12.1 Å². The summed E-state index contributed by atoms with van der Waals surface area (Å²) in [5.41, 5.74) is -0.673. The Labute approximate surface area is 155 Å². The van der Waals surface area contributed by atoms with Gasteiger partial charge in [-0.05, 0) is 62.8 Å². The minimum Gasteiger partial charge on any atom is -0.481 e. The summed E-state index contributed by atoms with van der Waals surface area (Å²) in [5.74, 6) is -3.05. The molecular formula is C19H18F3NO2S. The Hall–Kier alpha value is -2.41. The first-order chi connectivity index (χ1) is 12.0. The molecule has 0 radical (unpaired) electrons. The Morgan fingerprint density at radius 3 is 2.42 bits per heavy atom. The number of ether oxygens (including phenoxy) is 1. The smallest absolute Gasteiger partial charge is 0.255 e. The van der Waals surface area contributed by atoms with Gasteiger partial charge in [-0.2, -0.15) is 0 Å². The van der Waals surface area contributed by atoms with Gasteiger partial charge in [-0.3, -0.25) is 4.79 Å². The average Bonchev–Trinajstić information content (AvgIpc) is 2.50.